The molecule has 0 saturated carbocycles. The molecule has 2 aromatic carbocycles. The Morgan fingerprint density at radius 3 is 2.56 bits per heavy atom. The van der Waals surface area contributed by atoms with Crippen LogP contribution in [-0.2, 0) is 9.59 Å². The van der Waals surface area contributed by atoms with Gasteiger partial charge in [-0.3, -0.25) is 9.59 Å². The summed E-state index contributed by atoms with van der Waals surface area (Å²) in [6, 6.07) is 11.3. The van der Waals surface area contributed by atoms with E-state index in [-0.39, 0.29) is 18.2 Å². The minimum absolute atomic E-state index is 0.0839. The molecule has 1 atom stereocenters. The quantitative estimate of drug-likeness (QED) is 0.747. The Kier molecular flexibility index (Phi) is 6.58. The third kappa shape index (κ3) is 4.69. The Morgan fingerprint density at radius 1 is 1.09 bits per heavy atom. The maximum atomic E-state index is 13.2. The van der Waals surface area contributed by atoms with Crippen molar-refractivity contribution in [2.75, 3.05) is 62.0 Å². The lowest BCUT2D eigenvalue weighted by Gasteiger charge is -2.35. The number of benzene rings is 2. The highest BCUT2D eigenvalue weighted by Gasteiger charge is 2.36. The van der Waals surface area contributed by atoms with Gasteiger partial charge >= 0.3 is 0 Å². The van der Waals surface area contributed by atoms with Gasteiger partial charge in [0, 0.05) is 44.2 Å². The molecule has 4 rings (SSSR count). The van der Waals surface area contributed by atoms with Crippen LogP contribution in [0.4, 0.5) is 17.1 Å². The molecule has 0 aliphatic carbocycles. The van der Waals surface area contributed by atoms with Gasteiger partial charge in [0.15, 0.2) is 0 Å². The number of nitrogens with one attached hydrogen (secondary N) is 1. The van der Waals surface area contributed by atoms with E-state index in [2.05, 4.69) is 22.2 Å². The zero-order valence-electron chi connectivity index (χ0n) is 18.7. The molecule has 0 bridgehead atoms. The first-order valence-electron chi connectivity index (χ1n) is 10.8. The summed E-state index contributed by atoms with van der Waals surface area (Å²) in [4.78, 5) is 32.1. The van der Waals surface area contributed by atoms with Crippen molar-refractivity contribution in [3.8, 4) is 5.75 Å². The Morgan fingerprint density at radius 2 is 1.84 bits per heavy atom. The first kappa shape index (κ1) is 22.4. The summed E-state index contributed by atoms with van der Waals surface area (Å²) in [5.74, 6) is -0.0891. The normalized spacial score (nSPS) is 19.4. The lowest BCUT2D eigenvalue weighted by Crippen LogP contribution is -2.44. The van der Waals surface area contributed by atoms with E-state index < -0.39 is 5.92 Å². The summed E-state index contributed by atoms with van der Waals surface area (Å²) in [5, 5.41) is 3.61. The van der Waals surface area contributed by atoms with Crippen molar-refractivity contribution in [3.63, 3.8) is 0 Å². The zero-order chi connectivity index (χ0) is 22.8. The largest absolute Gasteiger partial charge is 0.495 e. The van der Waals surface area contributed by atoms with E-state index in [0.717, 1.165) is 37.4 Å². The second-order valence-corrected chi connectivity index (χ2v) is 8.96. The SMILES string of the molecule is COc1ccc(C)cc1N1CC(C(=O)Nc2cc(Cl)ccc2N2CCN(C)CC2)CC1=O. The highest BCUT2D eigenvalue weighted by atomic mass is 35.5. The van der Waals surface area contributed by atoms with Crippen LogP contribution >= 0.6 is 11.6 Å². The van der Waals surface area contributed by atoms with Crippen LogP contribution in [0.1, 0.15) is 12.0 Å². The van der Waals surface area contributed by atoms with E-state index >= 15 is 0 Å². The van der Waals surface area contributed by atoms with Crippen molar-refractivity contribution in [3.05, 3.63) is 47.0 Å². The molecule has 0 aromatic heterocycles. The third-order valence-corrected chi connectivity index (χ3v) is 6.42. The first-order valence-corrected chi connectivity index (χ1v) is 11.2. The number of ether oxygens (including phenoxy) is 1. The Bertz CT molecular complexity index is 1020. The standard InChI is InChI=1S/C24H29ClN4O3/c1-16-4-7-22(32-3)21(12-16)29-15-17(13-23(29)30)24(31)26-19-14-18(25)5-6-20(19)28-10-8-27(2)9-11-28/h4-7,12,14,17H,8-11,13,15H2,1-3H3,(H,26,31). The number of hydrogen-bond donors (Lipinski definition) is 1. The van der Waals surface area contributed by atoms with E-state index in [1.54, 1.807) is 18.1 Å². The van der Waals surface area contributed by atoms with Gasteiger partial charge in [0.1, 0.15) is 5.75 Å². The molecule has 2 aromatic rings. The van der Waals surface area contributed by atoms with E-state index in [4.69, 9.17) is 16.3 Å². The van der Waals surface area contributed by atoms with E-state index in [1.165, 1.54) is 0 Å². The number of piperazine rings is 1. The van der Waals surface area contributed by atoms with E-state index in [1.807, 2.05) is 37.3 Å². The number of likely N-dealkylation sites (N-methyl/N-ethyl adjacent to an activating group) is 1. The summed E-state index contributed by atoms with van der Waals surface area (Å²) in [5.41, 5.74) is 3.37. The average molecular weight is 457 g/mol. The molecule has 7 nitrogen and oxygen atoms in total. The fourth-order valence-electron chi connectivity index (χ4n) is 4.29. The number of methoxy groups -OCH3 is 1. The predicted octanol–water partition coefficient (Wildman–Crippen LogP) is 3.40. The maximum absolute atomic E-state index is 13.2. The van der Waals surface area contributed by atoms with E-state index in [0.29, 0.717) is 28.7 Å². The van der Waals surface area contributed by atoms with Gasteiger partial charge in [0.2, 0.25) is 11.8 Å². The van der Waals surface area contributed by atoms with Crippen LogP contribution in [0, 0.1) is 12.8 Å². The predicted molar refractivity (Wildman–Crippen MR) is 128 cm³/mol. The molecule has 1 N–H and O–H groups in total. The van der Waals surface area contributed by atoms with Crippen molar-refractivity contribution < 1.29 is 14.3 Å². The van der Waals surface area contributed by atoms with Crippen LogP contribution in [0.5, 0.6) is 5.75 Å². The number of carbonyl (C=O) groups is 2. The number of carbonyl (C=O) groups excluding carboxylic acids is 2. The summed E-state index contributed by atoms with van der Waals surface area (Å²) >= 11 is 6.24. The molecule has 0 radical (unpaired) electrons. The number of halogens is 1. The van der Waals surface area contributed by atoms with Crippen LogP contribution in [0.25, 0.3) is 0 Å². The highest BCUT2D eigenvalue weighted by molar-refractivity contribution is 6.31. The summed E-state index contributed by atoms with van der Waals surface area (Å²) in [6.45, 7) is 5.95. The Labute approximate surface area is 193 Å². The van der Waals surface area contributed by atoms with Crippen LogP contribution < -0.4 is 19.9 Å². The second-order valence-electron chi connectivity index (χ2n) is 8.52. The molecule has 2 aliphatic heterocycles. The highest BCUT2D eigenvalue weighted by Crippen LogP contribution is 2.35. The van der Waals surface area contributed by atoms with Crippen molar-refractivity contribution in [2.24, 2.45) is 5.92 Å². The van der Waals surface area contributed by atoms with Gasteiger partial charge in [0.25, 0.3) is 0 Å². The molecule has 0 spiro atoms. The van der Waals surface area contributed by atoms with Gasteiger partial charge < -0.3 is 24.8 Å². The molecule has 1 unspecified atom stereocenters. The fourth-order valence-corrected chi connectivity index (χ4v) is 4.47. The molecule has 2 fully saturated rings. The van der Waals surface area contributed by atoms with Gasteiger partial charge in [-0.25, -0.2) is 0 Å². The Balaban J connectivity index is 1.51. The van der Waals surface area contributed by atoms with Crippen LogP contribution in [0.15, 0.2) is 36.4 Å². The second kappa shape index (κ2) is 9.38. The molecule has 170 valence electrons. The number of amides is 2. The number of nitrogens with zero attached hydrogens (tertiary/aromatic N) is 3. The van der Waals surface area contributed by atoms with Crippen LogP contribution in [-0.4, -0.2) is 63.6 Å². The first-order chi connectivity index (χ1) is 15.4. The summed E-state index contributed by atoms with van der Waals surface area (Å²) in [7, 11) is 3.69. The molecule has 2 aliphatic rings. The topological polar surface area (TPSA) is 65.1 Å². The van der Waals surface area contributed by atoms with Crippen molar-refractivity contribution >= 4 is 40.5 Å². The molecule has 2 heterocycles. The third-order valence-electron chi connectivity index (χ3n) is 6.18. The number of rotatable bonds is 5. The van der Waals surface area contributed by atoms with E-state index in [9.17, 15) is 9.59 Å². The molecular formula is C24H29ClN4O3. The van der Waals surface area contributed by atoms with Gasteiger partial charge in [-0.2, -0.15) is 0 Å². The van der Waals surface area contributed by atoms with Crippen molar-refractivity contribution in [1.82, 2.24) is 4.90 Å². The van der Waals surface area contributed by atoms with Gasteiger partial charge in [-0.15, -0.1) is 0 Å². The molecule has 2 amide bonds. The number of anilines is 3. The minimum Gasteiger partial charge on any atom is -0.495 e. The molecule has 8 heteroatoms. The Hall–Kier alpha value is -2.77. The molecular weight excluding hydrogens is 428 g/mol. The fraction of sp³-hybridized carbons (Fsp3) is 0.417. The summed E-state index contributed by atoms with van der Waals surface area (Å²) < 4.78 is 5.44. The average Bonchev–Trinajstić information content (AvgIpc) is 3.16. The summed E-state index contributed by atoms with van der Waals surface area (Å²) in [6.07, 6.45) is 0.160. The van der Waals surface area contributed by atoms with Crippen molar-refractivity contribution in [2.45, 2.75) is 13.3 Å². The van der Waals surface area contributed by atoms with Crippen LogP contribution in [0.3, 0.4) is 0 Å². The maximum Gasteiger partial charge on any atom is 0.229 e. The smallest absolute Gasteiger partial charge is 0.229 e. The number of hydrogen-bond acceptors (Lipinski definition) is 5. The van der Waals surface area contributed by atoms with Crippen molar-refractivity contribution in [1.29, 1.82) is 0 Å². The van der Waals surface area contributed by atoms with Gasteiger partial charge in [-0.1, -0.05) is 17.7 Å². The number of aryl methyl sites for hydroxylation is 1. The lowest BCUT2D eigenvalue weighted by molar-refractivity contribution is -0.122. The zero-order valence-corrected chi connectivity index (χ0v) is 19.5. The van der Waals surface area contributed by atoms with Gasteiger partial charge in [0.05, 0.1) is 30.1 Å². The molecule has 32 heavy (non-hydrogen) atoms. The lowest BCUT2D eigenvalue weighted by atomic mass is 10.1. The minimum atomic E-state index is -0.452. The molecule has 2 saturated heterocycles. The van der Waals surface area contributed by atoms with Gasteiger partial charge in [-0.05, 0) is 49.9 Å². The monoisotopic (exact) mass is 456 g/mol. The van der Waals surface area contributed by atoms with Crippen LogP contribution in [0.2, 0.25) is 5.02 Å².